The van der Waals surface area contributed by atoms with Crippen molar-refractivity contribution in [2.24, 2.45) is 11.7 Å². The van der Waals surface area contributed by atoms with Crippen molar-refractivity contribution in [1.82, 2.24) is 4.90 Å². The molecule has 7 heteroatoms. The van der Waals surface area contributed by atoms with E-state index in [2.05, 4.69) is 12.1 Å². The first kappa shape index (κ1) is 18.8. The topological polar surface area (TPSA) is 89.7 Å². The van der Waals surface area contributed by atoms with Crippen molar-refractivity contribution < 1.29 is 19.1 Å². The van der Waals surface area contributed by atoms with Gasteiger partial charge in [0.05, 0.1) is 11.7 Å². The molecule has 2 amide bonds. The first-order valence-corrected chi connectivity index (χ1v) is 9.99. The van der Waals surface area contributed by atoms with Crippen LogP contribution in [0.2, 0.25) is 0 Å². The zero-order chi connectivity index (χ0) is 18.5. The molecule has 1 fully saturated rings. The molecule has 0 aromatic heterocycles. The molecule has 0 radical (unpaired) electrons. The van der Waals surface area contributed by atoms with Crippen LogP contribution in [0.15, 0.2) is 23.1 Å². The number of likely N-dealkylation sites (tertiary alicyclic amines) is 1. The van der Waals surface area contributed by atoms with E-state index in [1.54, 1.807) is 4.90 Å². The number of fused-ring (bicyclic) bond motifs is 1. The lowest BCUT2D eigenvalue weighted by Gasteiger charge is -2.31. The average Bonchev–Trinajstić information content (AvgIpc) is 3.12. The van der Waals surface area contributed by atoms with Gasteiger partial charge in [0.25, 0.3) is 5.91 Å². The predicted molar refractivity (Wildman–Crippen MR) is 98.6 cm³/mol. The van der Waals surface area contributed by atoms with Gasteiger partial charge in [-0.2, -0.15) is 0 Å². The molecule has 1 heterocycles. The Morgan fingerprint density at radius 1 is 1.19 bits per heavy atom. The number of aryl methyl sites for hydroxylation is 2. The molecule has 1 aliphatic heterocycles. The Bertz CT molecular complexity index is 707. The van der Waals surface area contributed by atoms with Crippen molar-refractivity contribution in [3.63, 3.8) is 0 Å². The van der Waals surface area contributed by atoms with Gasteiger partial charge in [-0.3, -0.25) is 14.4 Å². The Labute approximate surface area is 157 Å². The summed E-state index contributed by atoms with van der Waals surface area (Å²) in [6, 6.07) is 6.30. The normalized spacial score (nSPS) is 19.1. The number of ether oxygens (including phenoxy) is 1. The van der Waals surface area contributed by atoms with Crippen molar-refractivity contribution in [3.8, 4) is 0 Å². The van der Waals surface area contributed by atoms with E-state index in [4.69, 9.17) is 10.5 Å². The highest BCUT2D eigenvalue weighted by Crippen LogP contribution is 2.27. The Morgan fingerprint density at radius 2 is 2.00 bits per heavy atom. The third-order valence-electron chi connectivity index (χ3n) is 4.96. The number of hydrogen-bond donors (Lipinski definition) is 1. The number of amides is 2. The van der Waals surface area contributed by atoms with Gasteiger partial charge in [-0.25, -0.2) is 0 Å². The van der Waals surface area contributed by atoms with E-state index in [-0.39, 0.29) is 30.1 Å². The number of carbonyl (C=O) groups is 3. The van der Waals surface area contributed by atoms with Gasteiger partial charge in [-0.15, -0.1) is 11.8 Å². The zero-order valence-electron chi connectivity index (χ0n) is 14.7. The highest BCUT2D eigenvalue weighted by Gasteiger charge is 2.27. The lowest BCUT2D eigenvalue weighted by atomic mass is 9.97. The Kier molecular flexibility index (Phi) is 6.19. The van der Waals surface area contributed by atoms with E-state index < -0.39 is 5.97 Å². The first-order chi connectivity index (χ1) is 12.5. The minimum absolute atomic E-state index is 0.177. The van der Waals surface area contributed by atoms with Gasteiger partial charge in [0.15, 0.2) is 6.61 Å². The van der Waals surface area contributed by atoms with Crippen LogP contribution in [0.3, 0.4) is 0 Å². The summed E-state index contributed by atoms with van der Waals surface area (Å²) in [5, 5.41) is 0. The summed E-state index contributed by atoms with van der Waals surface area (Å²) in [4.78, 5) is 38.0. The molecule has 0 spiro atoms. The summed E-state index contributed by atoms with van der Waals surface area (Å²) in [6.45, 7) is 0.606. The van der Waals surface area contributed by atoms with Crippen LogP contribution >= 0.6 is 11.8 Å². The van der Waals surface area contributed by atoms with Crippen LogP contribution in [0.4, 0.5) is 0 Å². The lowest BCUT2D eigenvalue weighted by Crippen LogP contribution is -2.45. The maximum absolute atomic E-state index is 12.2. The van der Waals surface area contributed by atoms with Crippen molar-refractivity contribution >= 4 is 29.5 Å². The van der Waals surface area contributed by atoms with Gasteiger partial charge >= 0.3 is 5.97 Å². The van der Waals surface area contributed by atoms with E-state index in [0.717, 1.165) is 24.2 Å². The number of rotatable bonds is 6. The van der Waals surface area contributed by atoms with Crippen LogP contribution in [0.25, 0.3) is 0 Å². The van der Waals surface area contributed by atoms with Crippen LogP contribution in [0.5, 0.6) is 0 Å². The molecular formula is C19H24N2O4S. The number of nitrogens with zero attached hydrogens (tertiary/aromatic N) is 1. The zero-order valence-corrected chi connectivity index (χ0v) is 15.6. The number of esters is 1. The molecule has 1 atom stereocenters. The third-order valence-corrected chi connectivity index (χ3v) is 5.93. The molecule has 0 bridgehead atoms. The summed E-state index contributed by atoms with van der Waals surface area (Å²) in [5.74, 6) is -1.20. The Morgan fingerprint density at radius 3 is 2.81 bits per heavy atom. The maximum atomic E-state index is 12.2. The predicted octanol–water partition coefficient (Wildman–Crippen LogP) is 1.53. The van der Waals surface area contributed by atoms with Gasteiger partial charge in [-0.05, 0) is 55.4 Å². The van der Waals surface area contributed by atoms with Crippen LogP contribution in [-0.4, -0.2) is 48.1 Å². The number of carbonyl (C=O) groups excluding carboxylic acids is 3. The van der Waals surface area contributed by atoms with Gasteiger partial charge in [-0.1, -0.05) is 6.07 Å². The number of benzene rings is 1. The molecular weight excluding hydrogens is 352 g/mol. The summed E-state index contributed by atoms with van der Waals surface area (Å²) < 4.78 is 5.10. The fourth-order valence-electron chi connectivity index (χ4n) is 3.49. The summed E-state index contributed by atoms with van der Waals surface area (Å²) in [7, 11) is 0. The van der Waals surface area contributed by atoms with E-state index in [1.807, 2.05) is 6.07 Å². The molecule has 1 saturated heterocycles. The average molecular weight is 376 g/mol. The third kappa shape index (κ3) is 4.78. The van der Waals surface area contributed by atoms with Crippen LogP contribution < -0.4 is 5.73 Å². The number of hydrogen-bond acceptors (Lipinski definition) is 5. The molecule has 140 valence electrons. The fourth-order valence-corrected chi connectivity index (χ4v) is 4.25. The molecule has 1 aromatic carbocycles. The number of piperidine rings is 1. The molecule has 6 nitrogen and oxygen atoms in total. The minimum Gasteiger partial charge on any atom is -0.455 e. The summed E-state index contributed by atoms with van der Waals surface area (Å²) in [5.41, 5.74) is 8.08. The van der Waals surface area contributed by atoms with E-state index >= 15 is 0 Å². The summed E-state index contributed by atoms with van der Waals surface area (Å²) >= 11 is 1.43. The molecule has 26 heavy (non-hydrogen) atoms. The lowest BCUT2D eigenvalue weighted by molar-refractivity contribution is -0.151. The molecule has 2 aliphatic rings. The van der Waals surface area contributed by atoms with E-state index in [1.165, 1.54) is 29.3 Å². The van der Waals surface area contributed by atoms with Gasteiger partial charge in [0.2, 0.25) is 5.91 Å². The second-order valence-electron chi connectivity index (χ2n) is 6.81. The van der Waals surface area contributed by atoms with Gasteiger partial charge < -0.3 is 15.4 Å². The second-order valence-corrected chi connectivity index (χ2v) is 7.86. The molecule has 3 rings (SSSR count). The molecule has 0 unspecified atom stereocenters. The van der Waals surface area contributed by atoms with Crippen molar-refractivity contribution in [2.45, 2.75) is 37.0 Å². The quantitative estimate of drug-likeness (QED) is 0.601. The maximum Gasteiger partial charge on any atom is 0.316 e. The standard InChI is InChI=1S/C19H24N2O4S/c20-19(24)15-5-2-8-21(10-15)17(22)11-25-18(23)12-26-16-7-6-13-3-1-4-14(13)9-16/h6-7,9,15H,1-5,8,10-12H2,(H2,20,24)/t15-/m1/s1. The summed E-state index contributed by atoms with van der Waals surface area (Å²) in [6.07, 6.45) is 4.88. The van der Waals surface area contributed by atoms with Crippen molar-refractivity contribution in [2.75, 3.05) is 25.4 Å². The van der Waals surface area contributed by atoms with Crippen molar-refractivity contribution in [3.05, 3.63) is 29.3 Å². The fraction of sp³-hybridized carbons (Fsp3) is 0.526. The number of thioether (sulfide) groups is 1. The van der Waals surface area contributed by atoms with Gasteiger partial charge in [0.1, 0.15) is 0 Å². The highest BCUT2D eigenvalue weighted by molar-refractivity contribution is 8.00. The Balaban J connectivity index is 1.41. The second kappa shape index (κ2) is 8.58. The smallest absolute Gasteiger partial charge is 0.316 e. The number of nitrogens with two attached hydrogens (primary N) is 1. The van der Waals surface area contributed by atoms with Crippen LogP contribution in [0, 0.1) is 5.92 Å². The molecule has 0 saturated carbocycles. The molecule has 2 N–H and O–H groups in total. The first-order valence-electron chi connectivity index (χ1n) is 9.00. The van der Waals surface area contributed by atoms with E-state index in [0.29, 0.717) is 19.5 Å². The number of primary amides is 1. The SMILES string of the molecule is NC(=O)[C@@H]1CCCN(C(=O)COC(=O)CSc2ccc3c(c2)CCC3)C1. The van der Waals surface area contributed by atoms with Crippen molar-refractivity contribution in [1.29, 1.82) is 0 Å². The molecule has 1 aromatic rings. The van der Waals surface area contributed by atoms with Gasteiger partial charge in [0, 0.05) is 18.0 Å². The monoisotopic (exact) mass is 376 g/mol. The largest absolute Gasteiger partial charge is 0.455 e. The van der Waals surface area contributed by atoms with Crippen LogP contribution in [-0.2, 0) is 32.0 Å². The minimum atomic E-state index is -0.410. The van der Waals surface area contributed by atoms with Crippen LogP contribution in [0.1, 0.15) is 30.4 Å². The Hall–Kier alpha value is -2.02. The highest BCUT2D eigenvalue weighted by atomic mass is 32.2. The molecule has 1 aliphatic carbocycles. The van der Waals surface area contributed by atoms with E-state index in [9.17, 15) is 14.4 Å².